The van der Waals surface area contributed by atoms with E-state index in [9.17, 15) is 0 Å². The number of halogens is 1. The van der Waals surface area contributed by atoms with Crippen molar-refractivity contribution in [3.8, 4) is 27.9 Å². The molecule has 214 valence electrons. The summed E-state index contributed by atoms with van der Waals surface area (Å²) in [5.41, 5.74) is 11.7. The second-order valence-electron chi connectivity index (χ2n) is 11.2. The first kappa shape index (κ1) is 27.2. The standard InChI is InChI=1S/C42H29BrN2/c43-34-22-15-30(16-23-34)31-17-24-37(25-18-31)44(35-9-3-1-4-10-35)38-26-19-32(20-27-38)33-21-28-42-40(29-33)39-13-7-8-14-41(39)45(42)36-11-5-2-6-12-36/h1-29H. The smallest absolute Gasteiger partial charge is 0.0541 e. The fourth-order valence-corrected chi connectivity index (χ4v) is 6.54. The molecule has 8 rings (SSSR count). The lowest BCUT2D eigenvalue weighted by molar-refractivity contribution is 1.18. The number of para-hydroxylation sites is 3. The summed E-state index contributed by atoms with van der Waals surface area (Å²) < 4.78 is 3.44. The minimum absolute atomic E-state index is 1.08. The molecule has 0 bridgehead atoms. The van der Waals surface area contributed by atoms with Crippen molar-refractivity contribution in [3.63, 3.8) is 0 Å². The summed E-state index contributed by atoms with van der Waals surface area (Å²) in [4.78, 5) is 2.31. The molecule has 45 heavy (non-hydrogen) atoms. The Labute approximate surface area is 271 Å². The molecule has 0 amide bonds. The van der Waals surface area contributed by atoms with Gasteiger partial charge in [0, 0.05) is 38.0 Å². The van der Waals surface area contributed by atoms with Gasteiger partial charge in [-0.2, -0.15) is 0 Å². The van der Waals surface area contributed by atoms with Crippen LogP contribution < -0.4 is 4.90 Å². The van der Waals surface area contributed by atoms with Crippen LogP contribution in [0.25, 0.3) is 49.7 Å². The Bertz CT molecular complexity index is 2230. The van der Waals surface area contributed by atoms with Gasteiger partial charge in [-0.15, -0.1) is 0 Å². The Hall–Kier alpha value is -5.38. The lowest BCUT2D eigenvalue weighted by Crippen LogP contribution is -2.09. The Balaban J connectivity index is 1.17. The van der Waals surface area contributed by atoms with Crippen LogP contribution in [0.2, 0.25) is 0 Å². The Morgan fingerprint density at radius 2 is 0.844 bits per heavy atom. The van der Waals surface area contributed by atoms with Crippen LogP contribution in [0.3, 0.4) is 0 Å². The van der Waals surface area contributed by atoms with E-state index in [4.69, 9.17) is 0 Å². The lowest BCUT2D eigenvalue weighted by Gasteiger charge is -2.26. The highest BCUT2D eigenvalue weighted by Crippen LogP contribution is 2.38. The van der Waals surface area contributed by atoms with E-state index in [0.29, 0.717) is 0 Å². The average molecular weight is 642 g/mol. The summed E-state index contributed by atoms with van der Waals surface area (Å²) in [5, 5.41) is 2.52. The highest BCUT2D eigenvalue weighted by molar-refractivity contribution is 9.10. The van der Waals surface area contributed by atoms with Crippen molar-refractivity contribution in [3.05, 3.63) is 180 Å². The van der Waals surface area contributed by atoms with Gasteiger partial charge in [0.25, 0.3) is 0 Å². The van der Waals surface area contributed by atoms with Crippen LogP contribution in [0.1, 0.15) is 0 Å². The number of aromatic nitrogens is 1. The van der Waals surface area contributed by atoms with Gasteiger partial charge in [-0.1, -0.05) is 113 Å². The minimum Gasteiger partial charge on any atom is -0.311 e. The van der Waals surface area contributed by atoms with Gasteiger partial charge in [-0.25, -0.2) is 0 Å². The topological polar surface area (TPSA) is 8.17 Å². The normalized spacial score (nSPS) is 11.2. The Kier molecular flexibility index (Phi) is 7.01. The van der Waals surface area contributed by atoms with Gasteiger partial charge in [0.05, 0.1) is 11.0 Å². The zero-order chi connectivity index (χ0) is 30.2. The van der Waals surface area contributed by atoms with Crippen LogP contribution >= 0.6 is 15.9 Å². The molecule has 0 aliphatic carbocycles. The summed E-state index contributed by atoms with van der Waals surface area (Å²) >= 11 is 3.54. The summed E-state index contributed by atoms with van der Waals surface area (Å²) in [6.45, 7) is 0. The highest BCUT2D eigenvalue weighted by atomic mass is 79.9. The second-order valence-corrected chi connectivity index (χ2v) is 12.1. The third kappa shape index (κ3) is 5.12. The van der Waals surface area contributed by atoms with Gasteiger partial charge in [0.2, 0.25) is 0 Å². The predicted molar refractivity (Wildman–Crippen MR) is 194 cm³/mol. The van der Waals surface area contributed by atoms with Crippen molar-refractivity contribution in [2.24, 2.45) is 0 Å². The molecule has 2 nitrogen and oxygen atoms in total. The average Bonchev–Trinajstić information content (AvgIpc) is 3.44. The van der Waals surface area contributed by atoms with Crippen molar-refractivity contribution in [2.45, 2.75) is 0 Å². The second kappa shape index (κ2) is 11.6. The molecule has 0 saturated carbocycles. The molecule has 0 fully saturated rings. The number of hydrogen-bond acceptors (Lipinski definition) is 1. The molecule has 0 aliphatic rings. The predicted octanol–water partition coefficient (Wildman–Crippen LogP) is 12.3. The largest absolute Gasteiger partial charge is 0.311 e. The maximum atomic E-state index is 3.54. The molecule has 0 unspecified atom stereocenters. The Morgan fingerprint density at radius 1 is 0.378 bits per heavy atom. The number of anilines is 3. The fourth-order valence-electron chi connectivity index (χ4n) is 6.28. The van der Waals surface area contributed by atoms with E-state index in [2.05, 4.69) is 201 Å². The molecule has 8 aromatic rings. The number of benzene rings is 7. The zero-order valence-corrected chi connectivity index (χ0v) is 26.1. The van der Waals surface area contributed by atoms with Crippen molar-refractivity contribution >= 4 is 54.8 Å². The van der Waals surface area contributed by atoms with Crippen molar-refractivity contribution in [2.75, 3.05) is 4.90 Å². The Morgan fingerprint density at radius 3 is 1.49 bits per heavy atom. The summed E-state index contributed by atoms with van der Waals surface area (Å²) in [6, 6.07) is 62.9. The zero-order valence-electron chi connectivity index (χ0n) is 24.5. The van der Waals surface area contributed by atoms with E-state index >= 15 is 0 Å². The summed E-state index contributed by atoms with van der Waals surface area (Å²) in [5.74, 6) is 0. The quantitative estimate of drug-likeness (QED) is 0.175. The molecule has 1 heterocycles. The van der Waals surface area contributed by atoms with Gasteiger partial charge >= 0.3 is 0 Å². The van der Waals surface area contributed by atoms with Gasteiger partial charge in [0.1, 0.15) is 0 Å². The SMILES string of the molecule is Brc1ccc(-c2ccc(N(c3ccccc3)c3ccc(-c4ccc5c(c4)c4ccccc4n5-c4ccccc4)cc3)cc2)cc1. The molecule has 0 atom stereocenters. The monoisotopic (exact) mass is 640 g/mol. The van der Waals surface area contributed by atoms with Crippen LogP contribution in [0.5, 0.6) is 0 Å². The molecule has 0 radical (unpaired) electrons. The van der Waals surface area contributed by atoms with E-state index in [-0.39, 0.29) is 0 Å². The van der Waals surface area contributed by atoms with Gasteiger partial charge in [-0.05, 0) is 101 Å². The number of fused-ring (bicyclic) bond motifs is 3. The third-order valence-electron chi connectivity index (χ3n) is 8.46. The molecular weight excluding hydrogens is 612 g/mol. The minimum atomic E-state index is 1.08. The van der Waals surface area contributed by atoms with Crippen LogP contribution in [-0.2, 0) is 0 Å². The molecule has 0 N–H and O–H groups in total. The van der Waals surface area contributed by atoms with E-state index in [1.165, 1.54) is 49.7 Å². The van der Waals surface area contributed by atoms with Gasteiger partial charge < -0.3 is 9.47 Å². The van der Waals surface area contributed by atoms with Crippen molar-refractivity contribution in [1.29, 1.82) is 0 Å². The van der Waals surface area contributed by atoms with Crippen LogP contribution in [0.4, 0.5) is 17.1 Å². The van der Waals surface area contributed by atoms with E-state index in [1.807, 2.05) is 0 Å². The highest BCUT2D eigenvalue weighted by Gasteiger charge is 2.15. The van der Waals surface area contributed by atoms with Crippen LogP contribution in [-0.4, -0.2) is 4.57 Å². The molecule has 7 aromatic carbocycles. The molecule has 0 aliphatic heterocycles. The van der Waals surface area contributed by atoms with Gasteiger partial charge in [0.15, 0.2) is 0 Å². The third-order valence-corrected chi connectivity index (χ3v) is 8.99. The molecule has 0 spiro atoms. The van der Waals surface area contributed by atoms with Crippen LogP contribution in [0, 0.1) is 0 Å². The molecule has 1 aromatic heterocycles. The number of rotatable bonds is 6. The van der Waals surface area contributed by atoms with E-state index < -0.39 is 0 Å². The van der Waals surface area contributed by atoms with Crippen LogP contribution in [0.15, 0.2) is 180 Å². The number of nitrogens with zero attached hydrogens (tertiary/aromatic N) is 2. The molecular formula is C42H29BrN2. The molecule has 0 saturated heterocycles. The maximum Gasteiger partial charge on any atom is 0.0541 e. The first-order chi connectivity index (χ1) is 22.2. The first-order valence-electron chi connectivity index (χ1n) is 15.1. The maximum absolute atomic E-state index is 3.54. The van der Waals surface area contributed by atoms with Crippen molar-refractivity contribution < 1.29 is 0 Å². The van der Waals surface area contributed by atoms with E-state index in [1.54, 1.807) is 0 Å². The number of hydrogen-bond donors (Lipinski definition) is 0. The fraction of sp³-hybridized carbons (Fsp3) is 0. The van der Waals surface area contributed by atoms with E-state index in [0.717, 1.165) is 21.5 Å². The molecule has 3 heteroatoms. The lowest BCUT2D eigenvalue weighted by atomic mass is 10.0. The van der Waals surface area contributed by atoms with Crippen molar-refractivity contribution in [1.82, 2.24) is 4.57 Å². The summed E-state index contributed by atoms with van der Waals surface area (Å²) in [7, 11) is 0. The van der Waals surface area contributed by atoms with Gasteiger partial charge in [-0.3, -0.25) is 0 Å². The summed E-state index contributed by atoms with van der Waals surface area (Å²) in [6.07, 6.45) is 0. The first-order valence-corrected chi connectivity index (χ1v) is 15.9.